The van der Waals surface area contributed by atoms with Crippen molar-refractivity contribution in [3.05, 3.63) is 50.3 Å². The maximum absolute atomic E-state index is 11.9. The van der Waals surface area contributed by atoms with Gasteiger partial charge in [-0.05, 0) is 76.6 Å². The molecule has 1 heterocycles. The molecule has 0 amide bonds. The highest BCUT2D eigenvalue weighted by Crippen LogP contribution is 2.39. The molecule has 8 nitrogen and oxygen atoms in total. The Labute approximate surface area is 201 Å². The van der Waals surface area contributed by atoms with Crippen LogP contribution in [0.2, 0.25) is 5.02 Å². The standard InChI is InChI=1S/C21H18BrClN2O6S/c1-4-30-16-8-11(7-14(22)18(16)29-3)9-17(20(26)27)32-21-25-24-19(31-21)13-10-12(23)5-6-15(13)28-2/h5-10H,4H2,1-3H3,(H,26,27)/b17-9-. The van der Waals surface area contributed by atoms with Crippen LogP contribution in [0.25, 0.3) is 17.5 Å². The highest BCUT2D eigenvalue weighted by Gasteiger charge is 2.19. The van der Waals surface area contributed by atoms with Crippen molar-refractivity contribution < 1.29 is 28.5 Å². The van der Waals surface area contributed by atoms with Crippen LogP contribution in [0.3, 0.4) is 0 Å². The molecular formula is C21H18BrClN2O6S. The molecule has 0 saturated heterocycles. The maximum Gasteiger partial charge on any atom is 0.342 e. The van der Waals surface area contributed by atoms with Crippen molar-refractivity contribution in [2.45, 2.75) is 12.1 Å². The van der Waals surface area contributed by atoms with Gasteiger partial charge >= 0.3 is 5.97 Å². The van der Waals surface area contributed by atoms with Crippen LogP contribution in [-0.2, 0) is 4.79 Å². The minimum atomic E-state index is -1.15. The number of methoxy groups -OCH3 is 2. The molecule has 1 N–H and O–H groups in total. The van der Waals surface area contributed by atoms with Gasteiger partial charge in [-0.3, -0.25) is 0 Å². The monoisotopic (exact) mass is 540 g/mol. The number of aromatic nitrogens is 2. The zero-order valence-corrected chi connectivity index (χ0v) is 20.4. The lowest BCUT2D eigenvalue weighted by Crippen LogP contribution is -1.99. The SMILES string of the molecule is CCOc1cc(/C=C(\Sc2nnc(-c3cc(Cl)ccc3OC)o2)C(=O)O)cc(Br)c1OC. The number of halogens is 2. The summed E-state index contributed by atoms with van der Waals surface area (Å²) in [4.78, 5) is 11.8. The summed E-state index contributed by atoms with van der Waals surface area (Å²) < 4.78 is 22.5. The molecule has 0 aliphatic carbocycles. The number of thioether (sulfide) groups is 1. The zero-order chi connectivity index (χ0) is 23.3. The van der Waals surface area contributed by atoms with Gasteiger partial charge in [-0.2, -0.15) is 0 Å². The van der Waals surface area contributed by atoms with Crippen LogP contribution in [0.1, 0.15) is 12.5 Å². The number of aliphatic carboxylic acids is 1. The quantitative estimate of drug-likeness (QED) is 0.266. The zero-order valence-electron chi connectivity index (χ0n) is 17.2. The normalized spacial score (nSPS) is 11.3. The van der Waals surface area contributed by atoms with Crippen LogP contribution in [-0.4, -0.2) is 42.1 Å². The molecule has 0 radical (unpaired) electrons. The lowest BCUT2D eigenvalue weighted by atomic mass is 10.2. The van der Waals surface area contributed by atoms with Crippen molar-refractivity contribution in [3.63, 3.8) is 0 Å². The van der Waals surface area contributed by atoms with Gasteiger partial charge in [0.25, 0.3) is 11.1 Å². The third kappa shape index (κ3) is 5.56. The number of rotatable bonds is 9. The summed E-state index contributed by atoms with van der Waals surface area (Å²) in [6.07, 6.45) is 1.48. The number of ether oxygens (including phenoxy) is 3. The first kappa shape index (κ1) is 24.0. The largest absolute Gasteiger partial charge is 0.496 e. The van der Waals surface area contributed by atoms with Crippen LogP contribution in [0.4, 0.5) is 0 Å². The Kier molecular flexibility index (Phi) is 8.05. The third-order valence-corrected chi connectivity index (χ3v) is 5.72. The Morgan fingerprint density at radius 1 is 1.22 bits per heavy atom. The second kappa shape index (κ2) is 10.8. The molecule has 2 aromatic carbocycles. The summed E-state index contributed by atoms with van der Waals surface area (Å²) in [5.74, 6) is 0.501. The number of carboxylic acids is 1. The van der Waals surface area contributed by atoms with E-state index >= 15 is 0 Å². The van der Waals surface area contributed by atoms with Crippen molar-refractivity contribution in [1.29, 1.82) is 0 Å². The van der Waals surface area contributed by atoms with Crippen LogP contribution < -0.4 is 14.2 Å². The van der Waals surface area contributed by atoms with Crippen LogP contribution in [0, 0.1) is 0 Å². The molecule has 0 aliphatic heterocycles. The Balaban J connectivity index is 1.93. The Bertz CT molecular complexity index is 1170. The van der Waals surface area contributed by atoms with Crippen molar-refractivity contribution in [3.8, 4) is 28.7 Å². The first-order chi connectivity index (χ1) is 15.4. The fraction of sp³-hybridized carbons (Fsp3) is 0.190. The van der Waals surface area contributed by atoms with Crippen molar-refractivity contribution in [1.82, 2.24) is 10.2 Å². The lowest BCUT2D eigenvalue weighted by molar-refractivity contribution is -0.131. The van der Waals surface area contributed by atoms with Gasteiger partial charge in [0.2, 0.25) is 0 Å². The molecule has 0 spiro atoms. The minimum Gasteiger partial charge on any atom is -0.496 e. The van der Waals surface area contributed by atoms with Crippen molar-refractivity contribution >= 4 is 51.3 Å². The molecule has 1 aromatic heterocycles. The van der Waals surface area contributed by atoms with Crippen LogP contribution in [0.15, 0.2) is 49.3 Å². The molecular weight excluding hydrogens is 524 g/mol. The molecule has 0 atom stereocenters. The molecule has 0 unspecified atom stereocenters. The average Bonchev–Trinajstić information content (AvgIpc) is 3.22. The van der Waals surface area contributed by atoms with E-state index in [1.165, 1.54) is 20.3 Å². The first-order valence-corrected chi connectivity index (χ1v) is 11.2. The topological polar surface area (TPSA) is 104 Å². The third-order valence-electron chi connectivity index (χ3n) is 4.04. The number of benzene rings is 2. The van der Waals surface area contributed by atoms with E-state index in [-0.39, 0.29) is 16.0 Å². The molecule has 3 aromatic rings. The van der Waals surface area contributed by atoms with Crippen LogP contribution >= 0.6 is 39.3 Å². The smallest absolute Gasteiger partial charge is 0.342 e. The summed E-state index contributed by atoms with van der Waals surface area (Å²) in [5, 5.41) is 18.1. The Hall–Kier alpha value is -2.69. The number of carboxylic acid groups (broad SMARTS) is 1. The van der Waals surface area contributed by atoms with E-state index in [1.807, 2.05) is 6.92 Å². The van der Waals surface area contributed by atoms with Crippen molar-refractivity contribution in [2.75, 3.05) is 20.8 Å². The summed E-state index contributed by atoms with van der Waals surface area (Å²) >= 11 is 10.3. The lowest BCUT2D eigenvalue weighted by Gasteiger charge is -2.12. The van der Waals surface area contributed by atoms with E-state index in [0.29, 0.717) is 44.5 Å². The first-order valence-electron chi connectivity index (χ1n) is 9.16. The summed E-state index contributed by atoms with van der Waals surface area (Å²) in [6.45, 7) is 2.27. The van der Waals surface area contributed by atoms with E-state index in [1.54, 1.807) is 30.3 Å². The van der Waals surface area contributed by atoms with Gasteiger partial charge in [-0.25, -0.2) is 4.79 Å². The van der Waals surface area contributed by atoms with Gasteiger partial charge in [0, 0.05) is 5.02 Å². The fourth-order valence-electron chi connectivity index (χ4n) is 2.72. The molecule has 168 valence electrons. The van der Waals surface area contributed by atoms with Gasteiger partial charge in [-0.15, -0.1) is 10.2 Å². The molecule has 0 bridgehead atoms. The molecule has 11 heteroatoms. The number of nitrogens with zero attached hydrogens (tertiary/aromatic N) is 2. The highest BCUT2D eigenvalue weighted by atomic mass is 79.9. The Morgan fingerprint density at radius 3 is 2.66 bits per heavy atom. The van der Waals surface area contributed by atoms with E-state index in [4.69, 9.17) is 30.2 Å². The number of hydrogen-bond donors (Lipinski definition) is 1. The van der Waals surface area contributed by atoms with E-state index in [0.717, 1.165) is 11.8 Å². The molecule has 0 saturated carbocycles. The van der Waals surface area contributed by atoms with E-state index in [2.05, 4.69) is 26.1 Å². The predicted octanol–water partition coefficient (Wildman–Crippen LogP) is 5.79. The second-order valence-corrected chi connectivity index (χ2v) is 8.38. The average molecular weight is 542 g/mol. The summed E-state index contributed by atoms with van der Waals surface area (Å²) in [7, 11) is 3.03. The van der Waals surface area contributed by atoms with E-state index in [9.17, 15) is 9.90 Å². The fourth-order valence-corrected chi connectivity index (χ4v) is 4.19. The second-order valence-electron chi connectivity index (χ2n) is 6.10. The molecule has 32 heavy (non-hydrogen) atoms. The highest BCUT2D eigenvalue weighted by molar-refractivity contribution is 9.10. The summed E-state index contributed by atoms with van der Waals surface area (Å²) in [6, 6.07) is 8.38. The Morgan fingerprint density at radius 2 is 2.00 bits per heavy atom. The molecule has 0 aliphatic rings. The maximum atomic E-state index is 11.9. The van der Waals surface area contributed by atoms with Crippen LogP contribution in [0.5, 0.6) is 17.2 Å². The molecule has 3 rings (SSSR count). The van der Waals surface area contributed by atoms with E-state index < -0.39 is 5.97 Å². The molecule has 0 fully saturated rings. The van der Waals surface area contributed by atoms with Gasteiger partial charge in [0.15, 0.2) is 11.5 Å². The number of hydrogen-bond acceptors (Lipinski definition) is 8. The van der Waals surface area contributed by atoms with Gasteiger partial charge in [-0.1, -0.05) is 11.6 Å². The van der Waals surface area contributed by atoms with Gasteiger partial charge in [0.05, 0.1) is 30.9 Å². The van der Waals surface area contributed by atoms with Gasteiger partial charge in [0.1, 0.15) is 10.7 Å². The predicted molar refractivity (Wildman–Crippen MR) is 125 cm³/mol. The van der Waals surface area contributed by atoms with Gasteiger partial charge < -0.3 is 23.7 Å². The minimum absolute atomic E-state index is 0.0298. The number of carbonyl (C=O) groups is 1. The summed E-state index contributed by atoms with van der Waals surface area (Å²) in [5.41, 5.74) is 1.09. The van der Waals surface area contributed by atoms with Crippen molar-refractivity contribution in [2.24, 2.45) is 0 Å².